The molecule has 0 bridgehead atoms. The standard InChI is InChI=1S/C16H24N2O/c1-6-16(3,4)18(15(17-5)13(2)19)12-14-10-8-7-9-11-14/h7-11H,6,12H2,1-5H3/b17-15-. The van der Waals surface area contributed by atoms with E-state index >= 15 is 0 Å². The van der Waals surface area contributed by atoms with Crippen molar-refractivity contribution in [3.8, 4) is 0 Å². The minimum absolute atomic E-state index is 0.0138. The quantitative estimate of drug-likeness (QED) is 0.601. The highest BCUT2D eigenvalue weighted by molar-refractivity contribution is 6.37. The molecule has 0 heterocycles. The molecule has 0 aromatic heterocycles. The van der Waals surface area contributed by atoms with Crippen LogP contribution in [0.15, 0.2) is 35.3 Å². The second-order valence-corrected chi connectivity index (χ2v) is 5.34. The van der Waals surface area contributed by atoms with Gasteiger partial charge in [0.05, 0.1) is 0 Å². The van der Waals surface area contributed by atoms with Gasteiger partial charge in [-0.3, -0.25) is 9.79 Å². The number of hydrogen-bond acceptors (Lipinski definition) is 2. The Bertz CT molecular complexity index is 449. The van der Waals surface area contributed by atoms with Crippen molar-refractivity contribution in [1.82, 2.24) is 4.90 Å². The Morgan fingerprint density at radius 1 is 1.26 bits per heavy atom. The van der Waals surface area contributed by atoms with Crippen LogP contribution in [0.25, 0.3) is 0 Å². The van der Waals surface area contributed by atoms with Crippen molar-refractivity contribution in [3.05, 3.63) is 35.9 Å². The van der Waals surface area contributed by atoms with Crippen LogP contribution in [0.3, 0.4) is 0 Å². The number of rotatable bonds is 5. The summed E-state index contributed by atoms with van der Waals surface area (Å²) in [4.78, 5) is 18.1. The van der Waals surface area contributed by atoms with E-state index in [-0.39, 0.29) is 11.3 Å². The zero-order valence-corrected chi connectivity index (χ0v) is 12.6. The Hall–Kier alpha value is -1.64. The Kier molecular flexibility index (Phi) is 5.28. The molecule has 0 radical (unpaired) electrons. The van der Waals surface area contributed by atoms with Gasteiger partial charge in [0.1, 0.15) is 0 Å². The molecule has 3 nitrogen and oxygen atoms in total. The maximum atomic E-state index is 11.8. The molecule has 0 amide bonds. The van der Waals surface area contributed by atoms with Crippen LogP contribution in [-0.2, 0) is 11.3 Å². The van der Waals surface area contributed by atoms with Crippen molar-refractivity contribution in [1.29, 1.82) is 0 Å². The number of amidine groups is 1. The minimum Gasteiger partial charge on any atom is -0.345 e. The zero-order valence-electron chi connectivity index (χ0n) is 12.6. The third-order valence-electron chi connectivity index (χ3n) is 3.56. The molecule has 0 atom stereocenters. The molecule has 0 spiro atoms. The van der Waals surface area contributed by atoms with Gasteiger partial charge in [-0.05, 0) is 25.8 Å². The first kappa shape index (κ1) is 15.4. The molecule has 1 rings (SSSR count). The molecular weight excluding hydrogens is 236 g/mol. The van der Waals surface area contributed by atoms with Crippen LogP contribution in [0.5, 0.6) is 0 Å². The number of aliphatic imine (C=N–C) groups is 1. The van der Waals surface area contributed by atoms with Gasteiger partial charge in [0.15, 0.2) is 11.6 Å². The lowest BCUT2D eigenvalue weighted by atomic mass is 9.97. The molecule has 0 unspecified atom stereocenters. The molecule has 0 N–H and O–H groups in total. The SMILES string of the molecule is CCC(C)(C)N(Cc1ccccc1)/C(=N\C)C(C)=O. The zero-order chi connectivity index (χ0) is 14.5. The third kappa shape index (κ3) is 3.91. The molecule has 0 aliphatic rings. The van der Waals surface area contributed by atoms with Crippen molar-refractivity contribution >= 4 is 11.6 Å². The van der Waals surface area contributed by atoms with Crippen molar-refractivity contribution in [2.75, 3.05) is 7.05 Å². The summed E-state index contributed by atoms with van der Waals surface area (Å²) in [5.74, 6) is 0.565. The summed E-state index contributed by atoms with van der Waals surface area (Å²) in [6.07, 6.45) is 0.951. The lowest BCUT2D eigenvalue weighted by Crippen LogP contribution is -2.49. The van der Waals surface area contributed by atoms with Crippen LogP contribution in [-0.4, -0.2) is 29.1 Å². The van der Waals surface area contributed by atoms with E-state index in [1.165, 1.54) is 5.56 Å². The van der Waals surface area contributed by atoms with Crippen LogP contribution in [0.2, 0.25) is 0 Å². The predicted octanol–water partition coefficient (Wildman–Crippen LogP) is 3.29. The fourth-order valence-corrected chi connectivity index (χ4v) is 2.00. The highest BCUT2D eigenvalue weighted by Gasteiger charge is 2.29. The van der Waals surface area contributed by atoms with Crippen LogP contribution >= 0.6 is 0 Å². The van der Waals surface area contributed by atoms with Crippen LogP contribution in [0.1, 0.15) is 39.7 Å². The normalized spacial score (nSPS) is 12.4. The Balaban J connectivity index is 3.10. The summed E-state index contributed by atoms with van der Waals surface area (Å²) in [6.45, 7) is 8.69. The fourth-order valence-electron chi connectivity index (χ4n) is 2.00. The Labute approximate surface area is 116 Å². The number of ketones is 1. The number of benzene rings is 1. The maximum Gasteiger partial charge on any atom is 0.194 e. The molecular formula is C16H24N2O. The number of hydrogen-bond donors (Lipinski definition) is 0. The van der Waals surface area contributed by atoms with Crippen molar-refractivity contribution in [2.24, 2.45) is 4.99 Å². The van der Waals surface area contributed by atoms with E-state index in [4.69, 9.17) is 0 Å². The predicted molar refractivity (Wildman–Crippen MR) is 80.4 cm³/mol. The largest absolute Gasteiger partial charge is 0.345 e. The molecule has 0 aliphatic carbocycles. The van der Waals surface area contributed by atoms with E-state index in [9.17, 15) is 4.79 Å². The summed E-state index contributed by atoms with van der Waals surface area (Å²) in [5.41, 5.74) is 1.09. The average Bonchev–Trinajstić information content (AvgIpc) is 2.39. The molecule has 0 fully saturated rings. The molecule has 0 aliphatic heterocycles. The second kappa shape index (κ2) is 6.50. The summed E-state index contributed by atoms with van der Waals surface area (Å²) < 4.78 is 0. The lowest BCUT2D eigenvalue weighted by molar-refractivity contribution is -0.112. The smallest absolute Gasteiger partial charge is 0.194 e. The van der Waals surface area contributed by atoms with Gasteiger partial charge in [0.25, 0.3) is 0 Å². The topological polar surface area (TPSA) is 32.7 Å². The summed E-state index contributed by atoms with van der Waals surface area (Å²) in [5, 5.41) is 0. The molecule has 1 aromatic rings. The van der Waals surface area contributed by atoms with Gasteiger partial charge >= 0.3 is 0 Å². The van der Waals surface area contributed by atoms with Crippen LogP contribution in [0.4, 0.5) is 0 Å². The molecule has 3 heteroatoms. The van der Waals surface area contributed by atoms with E-state index in [0.29, 0.717) is 12.4 Å². The molecule has 0 saturated heterocycles. The van der Waals surface area contributed by atoms with Crippen LogP contribution < -0.4 is 0 Å². The van der Waals surface area contributed by atoms with Crippen molar-refractivity contribution in [2.45, 2.75) is 46.2 Å². The molecule has 19 heavy (non-hydrogen) atoms. The van der Waals surface area contributed by atoms with Gasteiger partial charge in [0.2, 0.25) is 0 Å². The van der Waals surface area contributed by atoms with E-state index in [2.05, 4.69) is 42.8 Å². The Morgan fingerprint density at radius 2 is 1.84 bits per heavy atom. The molecule has 104 valence electrons. The first-order valence-electron chi connectivity index (χ1n) is 6.71. The number of carbonyl (C=O) groups is 1. The first-order chi connectivity index (χ1) is 8.92. The number of Topliss-reactive ketones (excluding diaryl/α,β-unsaturated/α-hetero) is 1. The van der Waals surface area contributed by atoms with Crippen molar-refractivity contribution < 1.29 is 4.79 Å². The number of nitrogens with zero attached hydrogens (tertiary/aromatic N) is 2. The summed E-state index contributed by atoms with van der Waals surface area (Å²) in [7, 11) is 1.68. The summed E-state index contributed by atoms with van der Waals surface area (Å²) in [6, 6.07) is 10.2. The van der Waals surface area contributed by atoms with Crippen LogP contribution in [0, 0.1) is 0 Å². The average molecular weight is 260 g/mol. The molecule has 1 aromatic carbocycles. The third-order valence-corrected chi connectivity index (χ3v) is 3.56. The lowest BCUT2D eigenvalue weighted by Gasteiger charge is -2.39. The Morgan fingerprint density at radius 3 is 2.26 bits per heavy atom. The van der Waals surface area contributed by atoms with Gasteiger partial charge in [-0.1, -0.05) is 37.3 Å². The van der Waals surface area contributed by atoms with Gasteiger partial charge in [-0.15, -0.1) is 0 Å². The van der Waals surface area contributed by atoms with Gasteiger partial charge in [-0.25, -0.2) is 0 Å². The molecule has 0 saturated carbocycles. The van der Waals surface area contributed by atoms with E-state index in [1.807, 2.05) is 18.2 Å². The highest BCUT2D eigenvalue weighted by Crippen LogP contribution is 2.22. The highest BCUT2D eigenvalue weighted by atomic mass is 16.1. The van der Waals surface area contributed by atoms with E-state index in [1.54, 1.807) is 14.0 Å². The second-order valence-electron chi connectivity index (χ2n) is 5.34. The van der Waals surface area contributed by atoms with Crippen molar-refractivity contribution in [3.63, 3.8) is 0 Å². The first-order valence-corrected chi connectivity index (χ1v) is 6.71. The number of carbonyl (C=O) groups excluding carboxylic acids is 1. The van der Waals surface area contributed by atoms with Gasteiger partial charge in [0, 0.05) is 26.1 Å². The van der Waals surface area contributed by atoms with E-state index < -0.39 is 0 Å². The minimum atomic E-state index is -0.101. The van der Waals surface area contributed by atoms with Gasteiger partial charge in [-0.2, -0.15) is 0 Å². The van der Waals surface area contributed by atoms with Gasteiger partial charge < -0.3 is 4.90 Å². The summed E-state index contributed by atoms with van der Waals surface area (Å²) >= 11 is 0. The van der Waals surface area contributed by atoms with E-state index in [0.717, 1.165) is 6.42 Å². The monoisotopic (exact) mass is 260 g/mol. The fraction of sp³-hybridized carbons (Fsp3) is 0.500. The maximum absolute atomic E-state index is 11.8.